The van der Waals surface area contributed by atoms with Crippen LogP contribution < -0.4 is 18.9 Å². The molecule has 0 aliphatic carbocycles. The highest BCUT2D eigenvalue weighted by Crippen LogP contribution is 2.28. The number of methoxy groups -OCH3 is 3. The van der Waals surface area contributed by atoms with E-state index in [9.17, 15) is 8.42 Å². The second kappa shape index (κ2) is 8.72. The molecular weight excluding hydrogens is 457 g/mol. The Labute approximate surface area is 161 Å². The number of hydrogen-bond acceptors (Lipinski definition) is 5. The van der Waals surface area contributed by atoms with Crippen LogP contribution in [0.25, 0.3) is 0 Å². The first kappa shape index (κ1) is 19.8. The van der Waals surface area contributed by atoms with Gasteiger partial charge in [-0.1, -0.05) is 6.07 Å². The summed E-state index contributed by atoms with van der Waals surface area (Å²) in [5.41, 5.74) is 0.949. The third-order valence-corrected chi connectivity index (χ3v) is 5.89. The lowest BCUT2D eigenvalue weighted by Gasteiger charge is -2.11. The Hall–Kier alpha value is -1.52. The van der Waals surface area contributed by atoms with Gasteiger partial charge in [-0.05, 0) is 64.9 Å². The third kappa shape index (κ3) is 4.99. The van der Waals surface area contributed by atoms with Crippen LogP contribution in [0.1, 0.15) is 5.56 Å². The zero-order chi connectivity index (χ0) is 18.4. The van der Waals surface area contributed by atoms with Gasteiger partial charge in [-0.3, -0.25) is 0 Å². The van der Waals surface area contributed by atoms with E-state index in [2.05, 4.69) is 4.72 Å². The smallest absolute Gasteiger partial charge is 0.240 e. The van der Waals surface area contributed by atoms with Gasteiger partial charge in [-0.25, -0.2) is 13.1 Å². The Morgan fingerprint density at radius 3 is 2.16 bits per heavy atom. The standard InChI is InChI=1S/C17H20INO5S/c1-22-15-7-5-13(11-14(15)18)25(20,21)19-9-8-12-4-6-16(23-2)17(10-12)24-3/h4-7,10-11,19H,8-9H2,1-3H3. The number of rotatable bonds is 8. The van der Waals surface area contributed by atoms with Crippen molar-refractivity contribution in [2.75, 3.05) is 27.9 Å². The minimum atomic E-state index is -3.57. The molecule has 0 aliphatic rings. The van der Waals surface area contributed by atoms with Crippen LogP contribution in [0.15, 0.2) is 41.3 Å². The average molecular weight is 477 g/mol. The van der Waals surface area contributed by atoms with Crippen LogP contribution in [-0.2, 0) is 16.4 Å². The second-order valence-corrected chi connectivity index (χ2v) is 8.06. The summed E-state index contributed by atoms with van der Waals surface area (Å²) in [6.45, 7) is 0.278. The van der Waals surface area contributed by atoms with Crippen LogP contribution in [0.2, 0.25) is 0 Å². The molecule has 2 aromatic rings. The summed E-state index contributed by atoms with van der Waals surface area (Å²) in [5.74, 6) is 1.90. The van der Waals surface area contributed by atoms with Crippen LogP contribution in [0, 0.1) is 3.57 Å². The highest BCUT2D eigenvalue weighted by molar-refractivity contribution is 14.1. The minimum Gasteiger partial charge on any atom is -0.496 e. The fourth-order valence-electron chi connectivity index (χ4n) is 2.26. The summed E-state index contributed by atoms with van der Waals surface area (Å²) < 4.78 is 43.7. The molecule has 0 spiro atoms. The van der Waals surface area contributed by atoms with E-state index in [1.165, 1.54) is 6.07 Å². The van der Waals surface area contributed by atoms with E-state index < -0.39 is 10.0 Å². The van der Waals surface area contributed by atoms with Gasteiger partial charge < -0.3 is 14.2 Å². The molecule has 0 radical (unpaired) electrons. The molecule has 0 heterocycles. The Morgan fingerprint density at radius 2 is 1.56 bits per heavy atom. The van der Waals surface area contributed by atoms with Crippen molar-refractivity contribution in [3.8, 4) is 17.2 Å². The number of hydrogen-bond donors (Lipinski definition) is 1. The normalized spacial score (nSPS) is 11.2. The molecule has 8 heteroatoms. The number of sulfonamides is 1. The molecule has 0 bridgehead atoms. The predicted octanol–water partition coefficient (Wildman–Crippen LogP) is 2.84. The monoisotopic (exact) mass is 477 g/mol. The molecule has 0 unspecified atom stereocenters. The molecule has 0 atom stereocenters. The first-order valence-corrected chi connectivity index (χ1v) is 10.0. The second-order valence-electron chi connectivity index (χ2n) is 5.13. The molecule has 6 nitrogen and oxygen atoms in total. The van der Waals surface area contributed by atoms with Crippen molar-refractivity contribution in [1.82, 2.24) is 4.72 Å². The van der Waals surface area contributed by atoms with E-state index in [-0.39, 0.29) is 11.4 Å². The zero-order valence-corrected chi connectivity index (χ0v) is 17.2. The summed E-state index contributed by atoms with van der Waals surface area (Å²) in [6, 6.07) is 10.3. The lowest BCUT2D eigenvalue weighted by Crippen LogP contribution is -2.26. The van der Waals surface area contributed by atoms with E-state index in [1.54, 1.807) is 39.5 Å². The van der Waals surface area contributed by atoms with Crippen LogP contribution in [0.3, 0.4) is 0 Å². The fraction of sp³-hybridized carbons (Fsp3) is 0.294. The maximum absolute atomic E-state index is 12.4. The first-order valence-electron chi connectivity index (χ1n) is 7.45. The van der Waals surface area contributed by atoms with Crippen LogP contribution >= 0.6 is 22.6 Å². The van der Waals surface area contributed by atoms with E-state index in [4.69, 9.17) is 14.2 Å². The van der Waals surface area contributed by atoms with Crippen LogP contribution in [-0.4, -0.2) is 36.3 Å². The van der Waals surface area contributed by atoms with Crippen molar-refractivity contribution in [3.05, 3.63) is 45.5 Å². The van der Waals surface area contributed by atoms with Gasteiger partial charge >= 0.3 is 0 Å². The van der Waals surface area contributed by atoms with Crippen LogP contribution in [0.5, 0.6) is 17.2 Å². The highest BCUT2D eigenvalue weighted by atomic mass is 127. The molecular formula is C17H20INO5S. The summed E-state index contributed by atoms with van der Waals surface area (Å²) >= 11 is 2.04. The van der Waals surface area contributed by atoms with Gasteiger partial charge in [-0.2, -0.15) is 0 Å². The summed E-state index contributed by atoms with van der Waals surface area (Å²) in [4.78, 5) is 0.213. The van der Waals surface area contributed by atoms with E-state index >= 15 is 0 Å². The number of ether oxygens (including phenoxy) is 3. The lowest BCUT2D eigenvalue weighted by molar-refractivity contribution is 0.354. The largest absolute Gasteiger partial charge is 0.496 e. The molecule has 0 fully saturated rings. The lowest BCUT2D eigenvalue weighted by atomic mass is 10.1. The minimum absolute atomic E-state index is 0.213. The van der Waals surface area contributed by atoms with Gasteiger partial charge in [-0.15, -0.1) is 0 Å². The van der Waals surface area contributed by atoms with E-state index in [0.29, 0.717) is 23.7 Å². The Kier molecular flexibility index (Phi) is 6.91. The Bertz CT molecular complexity index is 839. The molecule has 0 saturated carbocycles. The van der Waals surface area contributed by atoms with Crippen molar-refractivity contribution in [2.45, 2.75) is 11.3 Å². The van der Waals surface area contributed by atoms with Crippen molar-refractivity contribution in [2.24, 2.45) is 0 Å². The molecule has 1 N–H and O–H groups in total. The average Bonchev–Trinajstić information content (AvgIpc) is 2.61. The molecule has 25 heavy (non-hydrogen) atoms. The third-order valence-electron chi connectivity index (χ3n) is 3.59. The SMILES string of the molecule is COc1ccc(S(=O)(=O)NCCc2ccc(OC)c(OC)c2)cc1I. The van der Waals surface area contributed by atoms with Crippen molar-refractivity contribution < 1.29 is 22.6 Å². The van der Waals surface area contributed by atoms with Gasteiger partial charge in [0.1, 0.15) is 5.75 Å². The fourth-order valence-corrected chi connectivity index (χ4v) is 4.27. The molecule has 2 rings (SSSR count). The molecule has 2 aromatic carbocycles. The van der Waals surface area contributed by atoms with E-state index in [1.807, 2.05) is 34.7 Å². The van der Waals surface area contributed by atoms with E-state index in [0.717, 1.165) is 9.13 Å². The summed E-state index contributed by atoms with van der Waals surface area (Å²) in [5, 5.41) is 0. The summed E-state index contributed by atoms with van der Waals surface area (Å²) in [7, 11) is 1.11. The van der Waals surface area contributed by atoms with Gasteiger partial charge in [0.05, 0.1) is 29.8 Å². The molecule has 0 aliphatic heterocycles. The molecule has 0 amide bonds. The quantitative estimate of drug-likeness (QED) is 0.593. The van der Waals surface area contributed by atoms with Crippen LogP contribution in [0.4, 0.5) is 0 Å². The molecule has 0 saturated heterocycles. The van der Waals surface area contributed by atoms with Gasteiger partial charge in [0, 0.05) is 6.54 Å². The van der Waals surface area contributed by atoms with Crippen molar-refractivity contribution >= 4 is 32.6 Å². The Balaban J connectivity index is 2.04. The predicted molar refractivity (Wildman–Crippen MR) is 104 cm³/mol. The molecule has 136 valence electrons. The maximum Gasteiger partial charge on any atom is 0.240 e. The maximum atomic E-state index is 12.4. The number of benzene rings is 2. The first-order chi connectivity index (χ1) is 11.9. The molecule has 0 aromatic heterocycles. The van der Waals surface area contributed by atoms with Gasteiger partial charge in [0.25, 0.3) is 0 Å². The highest BCUT2D eigenvalue weighted by Gasteiger charge is 2.15. The van der Waals surface area contributed by atoms with Crippen molar-refractivity contribution in [3.63, 3.8) is 0 Å². The van der Waals surface area contributed by atoms with Gasteiger partial charge in [0.2, 0.25) is 10.0 Å². The summed E-state index contributed by atoms with van der Waals surface area (Å²) in [6.07, 6.45) is 0.535. The van der Waals surface area contributed by atoms with Crippen molar-refractivity contribution in [1.29, 1.82) is 0 Å². The zero-order valence-electron chi connectivity index (χ0n) is 14.2. The number of halogens is 1. The Morgan fingerprint density at radius 1 is 0.920 bits per heavy atom. The topological polar surface area (TPSA) is 73.9 Å². The van der Waals surface area contributed by atoms with Gasteiger partial charge in [0.15, 0.2) is 11.5 Å². The number of nitrogens with one attached hydrogen (secondary N) is 1.